The van der Waals surface area contributed by atoms with Crippen LogP contribution in [0.4, 0.5) is 0 Å². The lowest BCUT2D eigenvalue weighted by molar-refractivity contribution is -0.178. The minimum absolute atomic E-state index is 0.413. The molecule has 0 saturated heterocycles. The molecule has 0 rings (SSSR count). The van der Waals surface area contributed by atoms with Crippen molar-refractivity contribution < 1.29 is 33.7 Å². The second kappa shape index (κ2) is 6.06. The molecule has 0 aliphatic carbocycles. The molecule has 0 aromatic rings. The van der Waals surface area contributed by atoms with Crippen molar-refractivity contribution in [3.63, 3.8) is 0 Å². The molecule has 0 bridgehead atoms. The van der Waals surface area contributed by atoms with Crippen LogP contribution in [0, 0.1) is 0 Å². The number of carbonyl (C=O) groups excluding carboxylic acids is 2. The second-order valence-electron chi connectivity index (χ2n) is 3.16. The van der Waals surface area contributed by atoms with E-state index in [1.165, 1.54) is 6.92 Å². The molecule has 0 saturated carbocycles. The summed E-state index contributed by atoms with van der Waals surface area (Å²) in [5.41, 5.74) is -1.65. The van der Waals surface area contributed by atoms with Gasteiger partial charge in [0.15, 0.2) is 5.60 Å². The van der Waals surface area contributed by atoms with Gasteiger partial charge in [-0.2, -0.15) is 0 Å². The van der Waals surface area contributed by atoms with E-state index in [1.807, 2.05) is 0 Å². The Morgan fingerprint density at radius 2 is 1.75 bits per heavy atom. The minimum Gasteiger partial charge on any atom is -0.480 e. The van der Waals surface area contributed by atoms with E-state index >= 15 is 0 Å². The van der Waals surface area contributed by atoms with Crippen molar-refractivity contribution >= 4 is 17.9 Å². The summed E-state index contributed by atoms with van der Waals surface area (Å²) < 4.78 is 13.6. The van der Waals surface area contributed by atoms with Crippen molar-refractivity contribution in [1.29, 1.82) is 0 Å². The number of aliphatic carboxylic acids is 1. The number of carbonyl (C=O) groups is 3. The quantitative estimate of drug-likeness (QED) is 0.623. The van der Waals surface area contributed by atoms with Gasteiger partial charge in [0.25, 0.3) is 0 Å². The fourth-order valence-electron chi connectivity index (χ4n) is 0.967. The first-order valence-electron chi connectivity index (χ1n) is 4.36. The number of rotatable bonds is 6. The molecule has 0 aromatic heterocycles. The smallest absolute Gasteiger partial charge is 0.338 e. The summed E-state index contributed by atoms with van der Waals surface area (Å²) >= 11 is 0. The zero-order valence-electron chi connectivity index (χ0n) is 9.31. The Bertz CT molecular complexity index is 286. The highest BCUT2D eigenvalue weighted by Gasteiger charge is 2.39. The Labute approximate surface area is 92.3 Å². The molecule has 0 spiro atoms. The number of carboxylic acid groups (broad SMARTS) is 1. The third kappa shape index (κ3) is 4.26. The maximum Gasteiger partial charge on any atom is 0.338 e. The van der Waals surface area contributed by atoms with E-state index in [0.29, 0.717) is 0 Å². The second-order valence-corrected chi connectivity index (χ2v) is 3.16. The predicted octanol–water partition coefficient (Wildman–Crippen LogP) is -0.418. The highest BCUT2D eigenvalue weighted by atomic mass is 16.6. The number of esters is 2. The Morgan fingerprint density at radius 3 is 2.12 bits per heavy atom. The SMILES string of the molecule is COC(=O)CC(C)(OCC(=O)O)C(=O)OC. The first kappa shape index (κ1) is 14.4. The Hall–Kier alpha value is -1.63. The van der Waals surface area contributed by atoms with Crippen molar-refractivity contribution in [3.8, 4) is 0 Å². The molecule has 1 atom stereocenters. The molecule has 0 heterocycles. The molecular formula is C9H14O7. The zero-order valence-corrected chi connectivity index (χ0v) is 9.31. The highest BCUT2D eigenvalue weighted by molar-refractivity contribution is 5.85. The van der Waals surface area contributed by atoms with Gasteiger partial charge in [-0.15, -0.1) is 0 Å². The van der Waals surface area contributed by atoms with Crippen LogP contribution in [0.15, 0.2) is 0 Å². The van der Waals surface area contributed by atoms with Crippen LogP contribution in [0.25, 0.3) is 0 Å². The standard InChI is InChI=1S/C9H14O7/c1-9(8(13)15-3,4-7(12)14-2)16-5-6(10)11/h4-5H2,1-3H3,(H,10,11). The van der Waals surface area contributed by atoms with Gasteiger partial charge in [-0.3, -0.25) is 4.79 Å². The largest absolute Gasteiger partial charge is 0.480 e. The topological polar surface area (TPSA) is 99.1 Å². The van der Waals surface area contributed by atoms with Crippen LogP contribution in [0.2, 0.25) is 0 Å². The van der Waals surface area contributed by atoms with E-state index in [1.54, 1.807) is 0 Å². The zero-order chi connectivity index (χ0) is 12.8. The third-order valence-electron chi connectivity index (χ3n) is 1.84. The van der Waals surface area contributed by atoms with Crippen molar-refractivity contribution in [2.75, 3.05) is 20.8 Å². The molecule has 16 heavy (non-hydrogen) atoms. The molecule has 7 heteroatoms. The molecular weight excluding hydrogens is 220 g/mol. The van der Waals surface area contributed by atoms with Gasteiger partial charge in [0, 0.05) is 0 Å². The lowest BCUT2D eigenvalue weighted by atomic mass is 10.0. The summed E-state index contributed by atoms with van der Waals surface area (Å²) in [4.78, 5) is 32.7. The van der Waals surface area contributed by atoms with Crippen molar-refractivity contribution in [1.82, 2.24) is 0 Å². The molecule has 0 amide bonds. The van der Waals surface area contributed by atoms with Crippen LogP contribution >= 0.6 is 0 Å². The third-order valence-corrected chi connectivity index (χ3v) is 1.84. The Morgan fingerprint density at radius 1 is 1.19 bits per heavy atom. The summed E-state index contributed by atoms with van der Waals surface area (Å²) in [6, 6.07) is 0. The van der Waals surface area contributed by atoms with Crippen molar-refractivity contribution in [3.05, 3.63) is 0 Å². The van der Waals surface area contributed by atoms with Crippen LogP contribution in [0.5, 0.6) is 0 Å². The molecule has 1 N–H and O–H groups in total. The summed E-state index contributed by atoms with van der Waals surface area (Å²) in [5, 5.41) is 8.43. The van der Waals surface area contributed by atoms with E-state index in [0.717, 1.165) is 14.2 Å². The van der Waals surface area contributed by atoms with Gasteiger partial charge in [-0.1, -0.05) is 0 Å². The van der Waals surface area contributed by atoms with Crippen molar-refractivity contribution in [2.24, 2.45) is 0 Å². The molecule has 92 valence electrons. The lowest BCUT2D eigenvalue weighted by Crippen LogP contribution is -2.43. The summed E-state index contributed by atoms with van der Waals surface area (Å²) in [5.74, 6) is -2.78. The van der Waals surface area contributed by atoms with Gasteiger partial charge in [0.05, 0.1) is 20.6 Å². The molecule has 0 aliphatic rings. The van der Waals surface area contributed by atoms with Crippen LogP contribution in [0.1, 0.15) is 13.3 Å². The van der Waals surface area contributed by atoms with Crippen molar-refractivity contribution in [2.45, 2.75) is 18.9 Å². The summed E-state index contributed by atoms with van der Waals surface area (Å²) in [6.07, 6.45) is -0.413. The van der Waals surface area contributed by atoms with Gasteiger partial charge >= 0.3 is 17.9 Å². The molecule has 0 radical (unpaired) electrons. The average Bonchev–Trinajstić information content (AvgIpc) is 2.25. The summed E-state index contributed by atoms with van der Waals surface area (Å²) in [6.45, 7) is 0.557. The normalized spacial score (nSPS) is 13.7. The van der Waals surface area contributed by atoms with Crippen LogP contribution in [-0.4, -0.2) is 49.4 Å². The lowest BCUT2D eigenvalue weighted by Gasteiger charge is -2.24. The number of hydrogen-bond acceptors (Lipinski definition) is 6. The van der Waals surface area contributed by atoms with Gasteiger partial charge in [0.2, 0.25) is 0 Å². The van der Waals surface area contributed by atoms with E-state index < -0.39 is 36.5 Å². The number of ether oxygens (including phenoxy) is 3. The fraction of sp³-hybridized carbons (Fsp3) is 0.667. The number of methoxy groups -OCH3 is 2. The van der Waals surface area contributed by atoms with E-state index in [-0.39, 0.29) is 0 Å². The monoisotopic (exact) mass is 234 g/mol. The first-order chi connectivity index (χ1) is 7.35. The van der Waals surface area contributed by atoms with Gasteiger partial charge in [-0.25, -0.2) is 9.59 Å². The maximum atomic E-state index is 11.3. The van der Waals surface area contributed by atoms with Crippen LogP contribution in [0.3, 0.4) is 0 Å². The van der Waals surface area contributed by atoms with Crippen LogP contribution < -0.4 is 0 Å². The van der Waals surface area contributed by atoms with E-state index in [9.17, 15) is 14.4 Å². The molecule has 0 aromatic carbocycles. The first-order valence-corrected chi connectivity index (χ1v) is 4.36. The maximum absolute atomic E-state index is 11.3. The predicted molar refractivity (Wildman–Crippen MR) is 50.6 cm³/mol. The Kier molecular flexibility index (Phi) is 5.44. The average molecular weight is 234 g/mol. The van der Waals surface area contributed by atoms with Gasteiger partial charge in [0.1, 0.15) is 6.61 Å². The summed E-state index contributed by atoms with van der Waals surface area (Å²) in [7, 11) is 2.26. The molecule has 7 nitrogen and oxygen atoms in total. The fourth-order valence-corrected chi connectivity index (χ4v) is 0.967. The van der Waals surface area contributed by atoms with Gasteiger partial charge < -0.3 is 19.3 Å². The van der Waals surface area contributed by atoms with E-state index in [4.69, 9.17) is 9.84 Å². The number of hydrogen-bond donors (Lipinski definition) is 1. The minimum atomic E-state index is -1.65. The Balaban J connectivity index is 4.67. The molecule has 0 aliphatic heterocycles. The van der Waals surface area contributed by atoms with Crippen LogP contribution in [-0.2, 0) is 28.6 Å². The number of carboxylic acids is 1. The van der Waals surface area contributed by atoms with E-state index in [2.05, 4.69) is 9.47 Å². The molecule has 0 fully saturated rings. The molecule has 1 unspecified atom stereocenters. The van der Waals surface area contributed by atoms with Gasteiger partial charge in [-0.05, 0) is 6.92 Å². The highest BCUT2D eigenvalue weighted by Crippen LogP contribution is 2.18.